The average molecular weight is 136 g/mol. The predicted molar refractivity (Wildman–Crippen MR) is 39.8 cm³/mol. The number of allylic oxidation sites excluding steroid dienone is 2. The largest absolute Gasteiger partial charge is 0.401 e. The van der Waals surface area contributed by atoms with Crippen molar-refractivity contribution in [2.45, 2.75) is 20.3 Å². The number of nitrogens with two attached hydrogens (primary N) is 1. The van der Waals surface area contributed by atoms with Crippen LogP contribution in [0.25, 0.3) is 0 Å². The quantitative estimate of drug-likeness (QED) is 0.547. The Kier molecular flexibility index (Phi) is 1.67. The Morgan fingerprint density at radius 3 is 2.40 bits per heavy atom. The van der Waals surface area contributed by atoms with Gasteiger partial charge in [0.05, 0.1) is 11.6 Å². The topological polar surface area (TPSA) is 49.8 Å². The normalized spacial score (nSPS) is 32.5. The Morgan fingerprint density at radius 2 is 2.20 bits per heavy atom. The van der Waals surface area contributed by atoms with Crippen molar-refractivity contribution in [2.24, 2.45) is 17.6 Å². The summed E-state index contributed by atoms with van der Waals surface area (Å²) in [6.45, 7) is 4.19. The van der Waals surface area contributed by atoms with Gasteiger partial charge in [0.25, 0.3) is 0 Å². The monoisotopic (exact) mass is 136 g/mol. The second-order valence-electron chi connectivity index (χ2n) is 3.02. The molecule has 0 fully saturated rings. The number of nitrogens with zero attached hydrogens (tertiary/aromatic N) is 1. The summed E-state index contributed by atoms with van der Waals surface area (Å²) in [5.41, 5.74) is 7.22. The summed E-state index contributed by atoms with van der Waals surface area (Å²) < 4.78 is 0. The minimum atomic E-state index is 0.366. The molecule has 2 heteroatoms. The van der Waals surface area contributed by atoms with Crippen LogP contribution in [0.2, 0.25) is 0 Å². The molecule has 1 aliphatic carbocycles. The molecule has 0 aromatic heterocycles. The lowest BCUT2D eigenvalue weighted by Gasteiger charge is -2.07. The van der Waals surface area contributed by atoms with Crippen LogP contribution in [-0.2, 0) is 0 Å². The maximum absolute atomic E-state index is 8.64. The molecule has 10 heavy (non-hydrogen) atoms. The maximum atomic E-state index is 8.64. The zero-order valence-electron chi connectivity index (χ0n) is 6.39. The summed E-state index contributed by atoms with van der Waals surface area (Å²) in [4.78, 5) is 0. The second kappa shape index (κ2) is 2.34. The third-order valence-corrected chi connectivity index (χ3v) is 2.32. The molecule has 0 amide bonds. The molecule has 2 unspecified atom stereocenters. The van der Waals surface area contributed by atoms with Gasteiger partial charge in [-0.05, 0) is 18.3 Å². The fourth-order valence-corrected chi connectivity index (χ4v) is 1.38. The number of hydrogen-bond acceptors (Lipinski definition) is 2. The van der Waals surface area contributed by atoms with E-state index in [0.29, 0.717) is 11.8 Å². The standard InChI is InChI=1S/C8H12N2/c1-5-3-8(10)7(4-9)6(5)2/h5-6H,3,10H2,1-2H3. The lowest BCUT2D eigenvalue weighted by Crippen LogP contribution is -2.01. The molecular formula is C8H12N2. The highest BCUT2D eigenvalue weighted by atomic mass is 14.6. The molecule has 0 heterocycles. The molecule has 0 spiro atoms. The first-order valence-corrected chi connectivity index (χ1v) is 3.55. The van der Waals surface area contributed by atoms with E-state index in [9.17, 15) is 0 Å². The summed E-state index contributed by atoms with van der Waals surface area (Å²) >= 11 is 0. The minimum absolute atomic E-state index is 0.366. The van der Waals surface area contributed by atoms with Crippen LogP contribution in [0.5, 0.6) is 0 Å². The number of hydrogen-bond donors (Lipinski definition) is 1. The fraction of sp³-hybridized carbons (Fsp3) is 0.625. The molecule has 0 aromatic rings. The third-order valence-electron chi connectivity index (χ3n) is 2.32. The van der Waals surface area contributed by atoms with Crippen LogP contribution in [0, 0.1) is 23.2 Å². The predicted octanol–water partition coefficient (Wildman–Crippen LogP) is 1.40. The summed E-state index contributed by atoms with van der Waals surface area (Å²) in [6.07, 6.45) is 0.893. The van der Waals surface area contributed by atoms with Gasteiger partial charge in [0, 0.05) is 5.70 Å². The SMILES string of the molecule is CC1CC(N)=C(C#N)C1C. The van der Waals surface area contributed by atoms with Crippen LogP contribution in [0.1, 0.15) is 20.3 Å². The van der Waals surface area contributed by atoms with Gasteiger partial charge in [-0.25, -0.2) is 0 Å². The molecule has 2 atom stereocenters. The second-order valence-corrected chi connectivity index (χ2v) is 3.02. The highest BCUT2D eigenvalue weighted by molar-refractivity contribution is 5.33. The van der Waals surface area contributed by atoms with Crippen molar-refractivity contribution >= 4 is 0 Å². The van der Waals surface area contributed by atoms with Gasteiger partial charge in [0.2, 0.25) is 0 Å². The lowest BCUT2D eigenvalue weighted by molar-refractivity contribution is 0.485. The van der Waals surface area contributed by atoms with E-state index in [-0.39, 0.29) is 0 Å². The van der Waals surface area contributed by atoms with Crippen LogP contribution in [-0.4, -0.2) is 0 Å². The van der Waals surface area contributed by atoms with E-state index in [0.717, 1.165) is 17.7 Å². The molecule has 1 rings (SSSR count). The first-order chi connectivity index (χ1) is 4.66. The molecular weight excluding hydrogens is 124 g/mol. The summed E-state index contributed by atoms with van der Waals surface area (Å²) in [5, 5.41) is 8.64. The van der Waals surface area contributed by atoms with Gasteiger partial charge in [-0.15, -0.1) is 0 Å². The van der Waals surface area contributed by atoms with Crippen LogP contribution < -0.4 is 5.73 Å². The van der Waals surface area contributed by atoms with Gasteiger partial charge in [0.1, 0.15) is 0 Å². The molecule has 2 N–H and O–H groups in total. The first-order valence-electron chi connectivity index (χ1n) is 3.55. The molecule has 0 bridgehead atoms. The van der Waals surface area contributed by atoms with Crippen molar-refractivity contribution in [1.82, 2.24) is 0 Å². The zero-order valence-corrected chi connectivity index (χ0v) is 6.39. The van der Waals surface area contributed by atoms with E-state index in [1.54, 1.807) is 0 Å². The van der Waals surface area contributed by atoms with E-state index in [2.05, 4.69) is 19.9 Å². The smallest absolute Gasteiger partial charge is 0.0968 e. The average Bonchev–Trinajstić information content (AvgIpc) is 2.09. The Hall–Kier alpha value is -0.970. The maximum Gasteiger partial charge on any atom is 0.0968 e. The van der Waals surface area contributed by atoms with Gasteiger partial charge in [-0.3, -0.25) is 0 Å². The number of nitriles is 1. The summed E-state index contributed by atoms with van der Waals surface area (Å²) in [5.74, 6) is 0.916. The van der Waals surface area contributed by atoms with E-state index < -0.39 is 0 Å². The summed E-state index contributed by atoms with van der Waals surface area (Å²) in [7, 11) is 0. The molecule has 0 aliphatic heterocycles. The molecule has 0 aromatic carbocycles. The Bertz CT molecular complexity index is 210. The minimum Gasteiger partial charge on any atom is -0.401 e. The van der Waals surface area contributed by atoms with Gasteiger partial charge >= 0.3 is 0 Å². The zero-order chi connectivity index (χ0) is 7.72. The lowest BCUT2D eigenvalue weighted by atomic mass is 9.96. The van der Waals surface area contributed by atoms with Crippen LogP contribution in [0.3, 0.4) is 0 Å². The molecule has 0 saturated heterocycles. The third kappa shape index (κ3) is 0.881. The molecule has 1 aliphatic rings. The Morgan fingerprint density at radius 1 is 1.60 bits per heavy atom. The van der Waals surface area contributed by atoms with Crippen molar-refractivity contribution in [1.29, 1.82) is 5.26 Å². The van der Waals surface area contributed by atoms with Crippen LogP contribution >= 0.6 is 0 Å². The van der Waals surface area contributed by atoms with Crippen molar-refractivity contribution in [3.63, 3.8) is 0 Å². The van der Waals surface area contributed by atoms with E-state index in [1.807, 2.05) is 0 Å². The highest BCUT2D eigenvalue weighted by Gasteiger charge is 2.26. The Labute approximate surface area is 61.3 Å². The molecule has 0 saturated carbocycles. The molecule has 54 valence electrons. The van der Waals surface area contributed by atoms with Gasteiger partial charge < -0.3 is 5.73 Å². The fourth-order valence-electron chi connectivity index (χ4n) is 1.38. The van der Waals surface area contributed by atoms with E-state index in [1.165, 1.54) is 0 Å². The van der Waals surface area contributed by atoms with E-state index in [4.69, 9.17) is 11.0 Å². The Balaban J connectivity index is 2.88. The highest BCUT2D eigenvalue weighted by Crippen LogP contribution is 2.33. The van der Waals surface area contributed by atoms with Crippen molar-refractivity contribution in [3.8, 4) is 6.07 Å². The summed E-state index contributed by atoms with van der Waals surface area (Å²) in [6, 6.07) is 2.15. The number of rotatable bonds is 0. The first kappa shape index (κ1) is 7.14. The van der Waals surface area contributed by atoms with Crippen molar-refractivity contribution in [2.75, 3.05) is 0 Å². The molecule has 2 nitrogen and oxygen atoms in total. The van der Waals surface area contributed by atoms with Crippen molar-refractivity contribution < 1.29 is 0 Å². The van der Waals surface area contributed by atoms with Crippen molar-refractivity contribution in [3.05, 3.63) is 11.3 Å². The van der Waals surface area contributed by atoms with E-state index >= 15 is 0 Å². The van der Waals surface area contributed by atoms with Gasteiger partial charge in [0.15, 0.2) is 0 Å². The van der Waals surface area contributed by atoms with Crippen LogP contribution in [0.15, 0.2) is 11.3 Å². The van der Waals surface area contributed by atoms with Gasteiger partial charge in [-0.2, -0.15) is 5.26 Å². The van der Waals surface area contributed by atoms with Crippen LogP contribution in [0.4, 0.5) is 0 Å². The van der Waals surface area contributed by atoms with Gasteiger partial charge in [-0.1, -0.05) is 13.8 Å². The molecule has 0 radical (unpaired) electrons.